The average molecular weight is 698 g/mol. The molecule has 0 aromatic carbocycles. The molecule has 3 aliphatic carbocycles. The Balaban J connectivity index is 0.000000356. The van der Waals surface area contributed by atoms with Crippen molar-refractivity contribution < 1.29 is 28.8 Å². The van der Waals surface area contributed by atoms with Crippen LogP contribution in [0.15, 0.2) is 18.6 Å². The first-order valence-corrected chi connectivity index (χ1v) is 18.1. The molecular weight excluding hydrogens is 638 g/mol. The Morgan fingerprint density at radius 3 is 2.12 bits per heavy atom. The normalized spacial score (nSPS) is 21.9. The Hall–Kier alpha value is -3.90. The quantitative estimate of drug-likeness (QED) is 0.179. The van der Waals surface area contributed by atoms with E-state index in [-0.39, 0.29) is 36.9 Å². The summed E-state index contributed by atoms with van der Waals surface area (Å²) in [5.41, 5.74) is -0.264. The molecule has 4 aliphatic rings. The van der Waals surface area contributed by atoms with Crippen molar-refractivity contribution in [2.24, 2.45) is 23.2 Å². The summed E-state index contributed by atoms with van der Waals surface area (Å²) in [6.45, 7) is 9.44. The molecule has 13 nitrogen and oxygen atoms in total. The standard InChI is InChI=1S/C26H39N5O3.C10H16N2O3.CH4/c1-26(2,3)22(25(34)31-15-18-10-7-11-19(18)16-31)30-24(33)21(17-8-5-4-6-9-17)29-23(32)20-14-27-12-13-28-20;1-2-3-8(11-6-13)9(14)10(15)12-7-4-5-7;/h12-14,17-19,21-22H,4-11,15-16H2,1-3H3,(H,29,32)(H,30,33);6-8H,2-5H2,1H3,(H,11,13)(H,12,15);1H4. The van der Waals surface area contributed by atoms with Gasteiger partial charge in [0.2, 0.25) is 24.0 Å². The maximum Gasteiger partial charge on any atom is 0.289 e. The number of carbonyl (C=O) groups is 6. The molecule has 1 aromatic heterocycles. The Labute approximate surface area is 297 Å². The van der Waals surface area contributed by atoms with Crippen molar-refractivity contribution in [1.29, 1.82) is 0 Å². The van der Waals surface area contributed by atoms with Gasteiger partial charge in [-0.25, -0.2) is 4.98 Å². The van der Waals surface area contributed by atoms with Crippen LogP contribution in [0.3, 0.4) is 0 Å². The molecule has 278 valence electrons. The van der Waals surface area contributed by atoms with Gasteiger partial charge in [-0.05, 0) is 68.1 Å². The first-order chi connectivity index (χ1) is 23.4. The highest BCUT2D eigenvalue weighted by Crippen LogP contribution is 2.38. The summed E-state index contributed by atoms with van der Waals surface area (Å²) < 4.78 is 0. The third-order valence-corrected chi connectivity index (χ3v) is 10.2. The Morgan fingerprint density at radius 1 is 0.920 bits per heavy atom. The Bertz CT molecular complexity index is 1300. The highest BCUT2D eigenvalue weighted by Gasteiger charge is 2.44. The van der Waals surface area contributed by atoms with Crippen molar-refractivity contribution in [3.63, 3.8) is 0 Å². The molecule has 5 atom stereocenters. The minimum atomic E-state index is -0.703. The van der Waals surface area contributed by atoms with E-state index < -0.39 is 41.1 Å². The van der Waals surface area contributed by atoms with Crippen molar-refractivity contribution in [3.8, 4) is 0 Å². The molecule has 2 heterocycles. The molecule has 0 bridgehead atoms. The summed E-state index contributed by atoms with van der Waals surface area (Å²) in [4.78, 5) is 83.3. The van der Waals surface area contributed by atoms with Crippen LogP contribution in [0.1, 0.15) is 123 Å². The molecule has 5 rings (SSSR count). The van der Waals surface area contributed by atoms with E-state index in [0.717, 1.165) is 64.5 Å². The summed E-state index contributed by atoms with van der Waals surface area (Å²) in [6.07, 6.45) is 16.6. The second-order valence-electron chi connectivity index (χ2n) is 15.2. The van der Waals surface area contributed by atoms with Gasteiger partial charge in [0.25, 0.3) is 11.8 Å². The van der Waals surface area contributed by atoms with Crippen molar-refractivity contribution in [2.45, 2.75) is 136 Å². The van der Waals surface area contributed by atoms with Gasteiger partial charge in [0.1, 0.15) is 17.8 Å². The van der Waals surface area contributed by atoms with E-state index in [1.165, 1.54) is 37.9 Å². The molecule has 13 heteroatoms. The van der Waals surface area contributed by atoms with Crippen LogP contribution in [-0.2, 0) is 24.0 Å². The topological polar surface area (TPSA) is 180 Å². The zero-order valence-electron chi connectivity index (χ0n) is 29.5. The molecule has 1 aromatic rings. The molecule has 4 fully saturated rings. The summed E-state index contributed by atoms with van der Waals surface area (Å²) in [5.74, 6) is -0.583. The smallest absolute Gasteiger partial charge is 0.289 e. The third kappa shape index (κ3) is 11.3. The molecule has 3 saturated carbocycles. The second kappa shape index (κ2) is 18.9. The molecule has 5 amide bonds. The number of Topliss-reactive ketones (excluding diaryl/α,β-unsaturated/α-hetero) is 1. The van der Waals surface area contributed by atoms with Crippen LogP contribution in [0.25, 0.3) is 0 Å². The van der Waals surface area contributed by atoms with Gasteiger partial charge in [-0.15, -0.1) is 0 Å². The highest BCUT2D eigenvalue weighted by atomic mass is 16.2. The lowest BCUT2D eigenvalue weighted by atomic mass is 9.82. The minimum absolute atomic E-state index is 0. The van der Waals surface area contributed by atoms with Crippen LogP contribution in [0.5, 0.6) is 0 Å². The first-order valence-electron chi connectivity index (χ1n) is 18.1. The maximum atomic E-state index is 13.6. The molecule has 50 heavy (non-hydrogen) atoms. The van der Waals surface area contributed by atoms with Crippen LogP contribution in [0.2, 0.25) is 0 Å². The molecule has 4 N–H and O–H groups in total. The summed E-state index contributed by atoms with van der Waals surface area (Å²) in [6, 6.07) is -1.85. The number of likely N-dealkylation sites (tertiary alicyclic amines) is 1. The molecular formula is C37H59N7O6. The van der Waals surface area contributed by atoms with E-state index in [1.807, 2.05) is 32.6 Å². The number of ketones is 1. The zero-order valence-corrected chi connectivity index (χ0v) is 29.5. The van der Waals surface area contributed by atoms with Gasteiger partial charge in [-0.3, -0.25) is 33.8 Å². The maximum absolute atomic E-state index is 13.6. The fourth-order valence-corrected chi connectivity index (χ4v) is 7.28. The van der Waals surface area contributed by atoms with Crippen molar-refractivity contribution in [2.75, 3.05) is 13.1 Å². The van der Waals surface area contributed by atoms with Gasteiger partial charge >= 0.3 is 0 Å². The number of nitrogens with zero attached hydrogens (tertiary/aromatic N) is 3. The van der Waals surface area contributed by atoms with Gasteiger partial charge in [-0.1, -0.05) is 67.2 Å². The second-order valence-corrected chi connectivity index (χ2v) is 15.2. The number of rotatable bonds is 13. The van der Waals surface area contributed by atoms with Gasteiger partial charge < -0.3 is 26.2 Å². The SMILES string of the molecule is C.CC(C)(C)C(NC(=O)C(NC(=O)c1cnccn1)C1CCCCC1)C(=O)N1CC2CCCC2C1.CCCC(NC=O)C(=O)C(=O)NC1CC1. The van der Waals surface area contributed by atoms with Crippen LogP contribution < -0.4 is 21.3 Å². The Kier molecular flexibility index (Phi) is 15.3. The molecule has 5 unspecified atom stereocenters. The molecule has 0 spiro atoms. The van der Waals surface area contributed by atoms with Gasteiger partial charge in [0, 0.05) is 31.5 Å². The van der Waals surface area contributed by atoms with E-state index in [9.17, 15) is 28.8 Å². The summed E-state index contributed by atoms with van der Waals surface area (Å²) in [5, 5.41) is 11.0. The predicted octanol–water partition coefficient (Wildman–Crippen LogP) is 3.33. The molecule has 1 saturated heterocycles. The fourth-order valence-electron chi connectivity index (χ4n) is 7.28. The zero-order chi connectivity index (χ0) is 35.6. The van der Waals surface area contributed by atoms with Gasteiger partial charge in [-0.2, -0.15) is 0 Å². The number of hydrogen-bond acceptors (Lipinski definition) is 8. The number of fused-ring (bicyclic) bond motifs is 1. The Morgan fingerprint density at radius 2 is 1.58 bits per heavy atom. The van der Waals surface area contributed by atoms with Crippen molar-refractivity contribution >= 4 is 35.8 Å². The average Bonchev–Trinajstić information content (AvgIpc) is 3.64. The third-order valence-electron chi connectivity index (χ3n) is 10.2. The first kappa shape index (κ1) is 40.5. The van der Waals surface area contributed by atoms with E-state index in [4.69, 9.17) is 0 Å². The summed E-state index contributed by atoms with van der Waals surface area (Å²) in [7, 11) is 0. The van der Waals surface area contributed by atoms with Crippen molar-refractivity contribution in [3.05, 3.63) is 24.3 Å². The minimum Gasteiger partial charge on any atom is -0.348 e. The van der Waals surface area contributed by atoms with E-state index in [1.54, 1.807) is 0 Å². The number of aromatic nitrogens is 2. The van der Waals surface area contributed by atoms with E-state index >= 15 is 0 Å². The van der Waals surface area contributed by atoms with Crippen molar-refractivity contribution in [1.82, 2.24) is 36.1 Å². The monoisotopic (exact) mass is 697 g/mol. The summed E-state index contributed by atoms with van der Waals surface area (Å²) >= 11 is 0. The number of nitrogens with one attached hydrogen (secondary N) is 4. The van der Waals surface area contributed by atoms with Gasteiger partial charge in [0.15, 0.2) is 0 Å². The van der Waals surface area contributed by atoms with Gasteiger partial charge in [0.05, 0.1) is 12.2 Å². The van der Waals surface area contributed by atoms with E-state index in [2.05, 4.69) is 31.2 Å². The molecule has 1 aliphatic heterocycles. The number of hydrogen-bond donors (Lipinski definition) is 4. The van der Waals surface area contributed by atoms with Crippen LogP contribution in [0, 0.1) is 23.2 Å². The lowest BCUT2D eigenvalue weighted by Gasteiger charge is -2.36. The molecule has 0 radical (unpaired) electrons. The number of carbonyl (C=O) groups excluding carboxylic acids is 6. The largest absolute Gasteiger partial charge is 0.348 e. The van der Waals surface area contributed by atoms with E-state index in [0.29, 0.717) is 24.7 Å². The fraction of sp³-hybridized carbons (Fsp3) is 0.730. The van der Waals surface area contributed by atoms with Crippen LogP contribution >= 0.6 is 0 Å². The number of amides is 5. The highest BCUT2D eigenvalue weighted by molar-refractivity contribution is 6.38. The van der Waals surface area contributed by atoms with Crippen LogP contribution in [0.4, 0.5) is 0 Å². The van der Waals surface area contributed by atoms with Crippen LogP contribution in [-0.4, -0.2) is 87.9 Å². The lowest BCUT2D eigenvalue weighted by Crippen LogP contribution is -2.60. The lowest BCUT2D eigenvalue weighted by molar-refractivity contribution is -0.139. The predicted molar refractivity (Wildman–Crippen MR) is 189 cm³/mol.